The van der Waals surface area contributed by atoms with Crippen molar-refractivity contribution in [2.75, 3.05) is 6.73 Å². The lowest BCUT2D eigenvalue weighted by Crippen LogP contribution is -1.98. The largest absolute Gasteiger partial charge is 0.729 e. The lowest BCUT2D eigenvalue weighted by Gasteiger charge is -1.73. The highest BCUT2D eigenvalue weighted by atomic mass is 31.1. The molecule has 0 aromatic carbocycles. The van der Waals surface area contributed by atoms with Crippen molar-refractivity contribution < 1.29 is 19.0 Å². The zero-order valence-corrected chi connectivity index (χ0v) is 4.30. The second-order valence-corrected chi connectivity index (χ2v) is 1.47. The van der Waals surface area contributed by atoms with Gasteiger partial charge in [0.15, 0.2) is 6.73 Å². The van der Waals surface area contributed by atoms with Gasteiger partial charge in [-0.1, -0.05) is 0 Å². The number of hydrogen-bond donors (Lipinski definition) is 2. The van der Waals surface area contributed by atoms with Crippen LogP contribution in [-0.4, -0.2) is 12.0 Å². The van der Waals surface area contributed by atoms with Gasteiger partial charge in [-0.3, -0.25) is 0 Å². The van der Waals surface area contributed by atoms with Gasteiger partial charge in [-0.05, 0) is 0 Å². The Morgan fingerprint density at radius 1 is 1.86 bits per heavy atom. The van der Waals surface area contributed by atoms with Crippen molar-refractivity contribution in [1.29, 1.82) is 0 Å². The Morgan fingerprint density at radius 2 is 2.43 bits per heavy atom. The van der Waals surface area contributed by atoms with E-state index in [0.717, 1.165) is 0 Å². The molecule has 0 aromatic heterocycles. The molecule has 1 atom stereocenters. The van der Waals surface area contributed by atoms with E-state index < -0.39 is 8.25 Å². The van der Waals surface area contributed by atoms with Crippen molar-refractivity contribution in [3.05, 3.63) is 0 Å². The van der Waals surface area contributed by atoms with Crippen LogP contribution in [0.4, 0.5) is 0 Å². The minimum atomic E-state index is -2.40. The number of nitrogens with two attached hydrogens (primary N) is 1. The molecule has 0 heterocycles. The van der Waals surface area contributed by atoms with E-state index in [0.29, 0.717) is 0 Å². The molecule has 0 spiro atoms. The average Bonchev–Trinajstić information content (AvgIpc) is 1.68. The molecule has 0 saturated carbocycles. The highest BCUT2D eigenvalue weighted by Crippen LogP contribution is 2.19. The summed E-state index contributed by atoms with van der Waals surface area (Å²) in [6.45, 7) is -0.226. The van der Waals surface area contributed by atoms with E-state index >= 15 is 0 Å². The van der Waals surface area contributed by atoms with Crippen LogP contribution in [0.5, 0.6) is 0 Å². The van der Waals surface area contributed by atoms with Crippen LogP contribution < -0.4 is 5.73 Å². The molecule has 6 heteroatoms. The van der Waals surface area contributed by atoms with Crippen LogP contribution in [0.1, 0.15) is 0 Å². The van der Waals surface area contributed by atoms with Crippen LogP contribution in [0.2, 0.25) is 0 Å². The Morgan fingerprint density at radius 3 is 2.57 bits per heavy atom. The van der Waals surface area contributed by atoms with Crippen LogP contribution in [-0.2, 0) is 13.8 Å². The minimum Gasteiger partial charge on any atom is -0.304 e. The molecule has 3 N–H and O–H groups in total. The van der Waals surface area contributed by atoms with Crippen molar-refractivity contribution in [3.8, 4) is 0 Å². The smallest absolute Gasteiger partial charge is 0.304 e. The van der Waals surface area contributed by atoms with Gasteiger partial charge in [0.2, 0.25) is 0 Å². The van der Waals surface area contributed by atoms with E-state index in [1.54, 1.807) is 0 Å². The molecule has 0 rings (SSSR count). The number of hydrogen-bond acceptors (Lipinski definition) is 5. The van der Waals surface area contributed by atoms with Crippen LogP contribution in [0.15, 0.2) is 0 Å². The van der Waals surface area contributed by atoms with Crippen molar-refractivity contribution >= 4 is 8.25 Å². The normalized spacial score (nSPS) is 11.4. The summed E-state index contributed by atoms with van der Waals surface area (Å²) in [5, 5.41) is 7.50. The standard InChI is InChI=1S/CH4NO4P/c2-1-5-7(4)6-3/h1-2H2/p+1. The molecule has 0 saturated heterocycles. The Hall–Kier alpha value is -0.0600. The number of rotatable bonds is 3. The second-order valence-electron chi connectivity index (χ2n) is 0.601. The molecular weight excluding hydrogens is 121 g/mol. The lowest BCUT2D eigenvalue weighted by atomic mass is 11.4. The SMILES string of the molecule is NCO[P+](=O)OO. The molecule has 42 valence electrons. The lowest BCUT2D eigenvalue weighted by molar-refractivity contribution is -0.141. The van der Waals surface area contributed by atoms with Gasteiger partial charge in [0.25, 0.3) is 0 Å². The maximum atomic E-state index is 9.79. The summed E-state index contributed by atoms with van der Waals surface area (Å²) < 4.78 is 17.0. The molecule has 0 aliphatic carbocycles. The summed E-state index contributed by atoms with van der Waals surface area (Å²) in [4.78, 5) is 0. The molecule has 0 aliphatic rings. The molecule has 1 unspecified atom stereocenters. The highest BCUT2D eigenvalue weighted by molar-refractivity contribution is 7.33. The quantitative estimate of drug-likeness (QED) is 0.242. The Labute approximate surface area is 40.9 Å². The fourth-order valence-electron chi connectivity index (χ4n) is 0.0844. The summed E-state index contributed by atoms with van der Waals surface area (Å²) in [7, 11) is -2.40. The van der Waals surface area contributed by atoms with E-state index in [4.69, 9.17) is 11.0 Å². The molecule has 5 nitrogen and oxygen atoms in total. The summed E-state index contributed by atoms with van der Waals surface area (Å²) in [5.74, 6) is 0. The fraction of sp³-hybridized carbons (Fsp3) is 1.00. The van der Waals surface area contributed by atoms with Gasteiger partial charge in [-0.25, -0.2) is 5.26 Å². The molecule has 0 aliphatic heterocycles. The van der Waals surface area contributed by atoms with Crippen molar-refractivity contribution in [3.63, 3.8) is 0 Å². The average molecular weight is 126 g/mol. The predicted molar refractivity (Wildman–Crippen MR) is 21.5 cm³/mol. The molecular formula is CH5NO4P+. The zero-order valence-electron chi connectivity index (χ0n) is 3.40. The van der Waals surface area contributed by atoms with Gasteiger partial charge in [-0.15, -0.1) is 4.52 Å². The van der Waals surface area contributed by atoms with E-state index in [-0.39, 0.29) is 6.73 Å². The van der Waals surface area contributed by atoms with Crippen LogP contribution in [0, 0.1) is 0 Å². The van der Waals surface area contributed by atoms with Gasteiger partial charge in [0.05, 0.1) is 4.67 Å². The van der Waals surface area contributed by atoms with Crippen molar-refractivity contribution in [2.24, 2.45) is 5.73 Å². The highest BCUT2D eigenvalue weighted by Gasteiger charge is 2.17. The monoisotopic (exact) mass is 126 g/mol. The van der Waals surface area contributed by atoms with E-state index in [2.05, 4.69) is 9.20 Å². The van der Waals surface area contributed by atoms with Gasteiger partial charge in [-0.2, -0.15) is 0 Å². The third-order valence-electron chi connectivity index (χ3n) is 0.247. The maximum Gasteiger partial charge on any atom is 0.729 e. The first kappa shape index (κ1) is 6.94. The predicted octanol–water partition coefficient (Wildman–Crippen LogP) is 0.0662. The topological polar surface area (TPSA) is 81.8 Å². The summed E-state index contributed by atoms with van der Waals surface area (Å²) in [6, 6.07) is 0. The summed E-state index contributed by atoms with van der Waals surface area (Å²) in [5.41, 5.74) is 4.71. The third-order valence-corrected chi connectivity index (χ3v) is 0.740. The van der Waals surface area contributed by atoms with E-state index in [9.17, 15) is 4.57 Å². The van der Waals surface area contributed by atoms with E-state index in [1.807, 2.05) is 0 Å². The first-order valence-electron chi connectivity index (χ1n) is 1.43. The third kappa shape index (κ3) is 3.78. The Bertz CT molecular complexity index is 64.7. The van der Waals surface area contributed by atoms with Gasteiger partial charge in [0.1, 0.15) is 0 Å². The first-order valence-corrected chi connectivity index (χ1v) is 2.52. The Balaban J connectivity index is 3.00. The van der Waals surface area contributed by atoms with Crippen LogP contribution in [0.25, 0.3) is 0 Å². The molecule has 0 amide bonds. The van der Waals surface area contributed by atoms with Gasteiger partial charge < -0.3 is 5.73 Å². The molecule has 0 fully saturated rings. The molecule has 7 heavy (non-hydrogen) atoms. The Kier molecular flexibility index (Phi) is 4.07. The summed E-state index contributed by atoms with van der Waals surface area (Å²) in [6.07, 6.45) is 0. The second kappa shape index (κ2) is 4.11. The maximum absolute atomic E-state index is 9.79. The summed E-state index contributed by atoms with van der Waals surface area (Å²) >= 11 is 0. The van der Waals surface area contributed by atoms with Crippen LogP contribution >= 0.6 is 8.25 Å². The van der Waals surface area contributed by atoms with Crippen LogP contribution in [0.3, 0.4) is 0 Å². The molecule has 0 bridgehead atoms. The molecule has 0 aromatic rings. The van der Waals surface area contributed by atoms with Crippen molar-refractivity contribution in [1.82, 2.24) is 0 Å². The van der Waals surface area contributed by atoms with Gasteiger partial charge in [0, 0.05) is 4.57 Å². The first-order chi connectivity index (χ1) is 3.31. The minimum absolute atomic E-state index is 0.226. The molecule has 0 radical (unpaired) electrons. The van der Waals surface area contributed by atoms with Gasteiger partial charge >= 0.3 is 8.25 Å². The zero-order chi connectivity index (χ0) is 5.70. The van der Waals surface area contributed by atoms with Crippen molar-refractivity contribution in [2.45, 2.75) is 0 Å². The fourth-order valence-corrected chi connectivity index (χ4v) is 0.253. The van der Waals surface area contributed by atoms with E-state index in [1.165, 1.54) is 0 Å².